The predicted molar refractivity (Wildman–Crippen MR) is 95.5 cm³/mol. The molecule has 2 aromatic rings. The topological polar surface area (TPSA) is 85.9 Å². The number of methoxy groups -OCH3 is 1. The van der Waals surface area contributed by atoms with Gasteiger partial charge in [-0.1, -0.05) is 12.1 Å². The van der Waals surface area contributed by atoms with Crippen molar-refractivity contribution in [1.29, 1.82) is 0 Å². The minimum Gasteiger partial charge on any atom is -0.486 e. The van der Waals surface area contributed by atoms with Crippen LogP contribution in [0, 0.1) is 0 Å². The molecule has 2 aromatic carbocycles. The summed E-state index contributed by atoms with van der Waals surface area (Å²) in [4.78, 5) is 23.9. The van der Waals surface area contributed by atoms with Gasteiger partial charge < -0.3 is 24.8 Å². The van der Waals surface area contributed by atoms with E-state index in [9.17, 15) is 9.59 Å². The molecule has 0 unspecified atom stereocenters. The maximum Gasteiger partial charge on any atom is 0.251 e. The summed E-state index contributed by atoms with van der Waals surface area (Å²) in [7, 11) is 1.46. The predicted octanol–water partition coefficient (Wildman–Crippen LogP) is 1.97. The van der Waals surface area contributed by atoms with E-state index in [2.05, 4.69) is 10.6 Å². The van der Waals surface area contributed by atoms with Crippen LogP contribution in [-0.2, 0) is 16.1 Å². The fraction of sp³-hybridized carbons (Fsp3) is 0.263. The highest BCUT2D eigenvalue weighted by atomic mass is 16.6. The van der Waals surface area contributed by atoms with Gasteiger partial charge in [-0.2, -0.15) is 0 Å². The smallest absolute Gasteiger partial charge is 0.251 e. The number of anilines is 1. The maximum absolute atomic E-state index is 12.4. The lowest BCUT2D eigenvalue weighted by molar-refractivity contribution is -0.119. The molecule has 26 heavy (non-hydrogen) atoms. The number of nitrogens with one attached hydrogen (secondary N) is 2. The van der Waals surface area contributed by atoms with Crippen LogP contribution in [0.5, 0.6) is 11.5 Å². The summed E-state index contributed by atoms with van der Waals surface area (Å²) in [6.07, 6.45) is 0. The third-order valence-corrected chi connectivity index (χ3v) is 3.74. The molecule has 7 heteroatoms. The van der Waals surface area contributed by atoms with E-state index in [4.69, 9.17) is 14.2 Å². The van der Waals surface area contributed by atoms with E-state index in [1.54, 1.807) is 30.3 Å². The van der Waals surface area contributed by atoms with Gasteiger partial charge in [-0.25, -0.2) is 0 Å². The molecule has 0 spiro atoms. The third-order valence-electron chi connectivity index (χ3n) is 3.74. The highest BCUT2D eigenvalue weighted by Crippen LogP contribution is 2.30. The quantitative estimate of drug-likeness (QED) is 0.827. The number of fused-ring (bicyclic) bond motifs is 1. The van der Waals surface area contributed by atoms with E-state index in [-0.39, 0.29) is 18.4 Å². The first-order chi connectivity index (χ1) is 12.7. The number of carbonyl (C=O) groups excluding carboxylic acids is 2. The Labute approximate surface area is 151 Å². The zero-order valence-electron chi connectivity index (χ0n) is 14.4. The van der Waals surface area contributed by atoms with Crippen molar-refractivity contribution < 1.29 is 23.8 Å². The molecule has 0 aromatic heterocycles. The summed E-state index contributed by atoms with van der Waals surface area (Å²) in [5, 5.41) is 5.58. The molecule has 0 atom stereocenters. The molecule has 0 aliphatic carbocycles. The number of hydrogen-bond donors (Lipinski definition) is 2. The van der Waals surface area contributed by atoms with Crippen LogP contribution in [0.25, 0.3) is 0 Å². The SMILES string of the molecule is COCC(=O)Nc1cccc(CNC(=O)c2ccc3c(c2)OCCO3)c1. The highest BCUT2D eigenvalue weighted by molar-refractivity contribution is 5.95. The summed E-state index contributed by atoms with van der Waals surface area (Å²) in [6, 6.07) is 12.4. The van der Waals surface area contributed by atoms with Crippen LogP contribution in [0.2, 0.25) is 0 Å². The van der Waals surface area contributed by atoms with Crippen molar-refractivity contribution >= 4 is 17.5 Å². The van der Waals surface area contributed by atoms with Crippen molar-refractivity contribution in [2.24, 2.45) is 0 Å². The van der Waals surface area contributed by atoms with Crippen molar-refractivity contribution in [3.63, 3.8) is 0 Å². The summed E-state index contributed by atoms with van der Waals surface area (Å²) in [5.74, 6) is 0.778. The van der Waals surface area contributed by atoms with Gasteiger partial charge in [-0.3, -0.25) is 9.59 Å². The normalized spacial score (nSPS) is 12.3. The van der Waals surface area contributed by atoms with Crippen LogP contribution in [0.15, 0.2) is 42.5 Å². The van der Waals surface area contributed by atoms with E-state index in [0.29, 0.717) is 42.5 Å². The van der Waals surface area contributed by atoms with E-state index < -0.39 is 0 Å². The Bertz CT molecular complexity index is 806. The van der Waals surface area contributed by atoms with Crippen LogP contribution >= 0.6 is 0 Å². The Hall–Kier alpha value is -3.06. The molecule has 136 valence electrons. The van der Waals surface area contributed by atoms with Gasteiger partial charge in [-0.15, -0.1) is 0 Å². The Morgan fingerprint density at radius 3 is 2.69 bits per heavy atom. The molecular formula is C19H20N2O5. The van der Waals surface area contributed by atoms with Gasteiger partial charge in [0.05, 0.1) is 0 Å². The van der Waals surface area contributed by atoms with Crippen molar-refractivity contribution in [3.8, 4) is 11.5 Å². The number of carbonyl (C=O) groups is 2. The molecule has 3 rings (SSSR count). The highest BCUT2D eigenvalue weighted by Gasteiger charge is 2.14. The summed E-state index contributed by atoms with van der Waals surface area (Å²) in [5.41, 5.74) is 2.02. The summed E-state index contributed by atoms with van der Waals surface area (Å²) >= 11 is 0. The van der Waals surface area contributed by atoms with Gasteiger partial charge in [0.15, 0.2) is 11.5 Å². The minimum atomic E-state index is -0.232. The van der Waals surface area contributed by atoms with Gasteiger partial charge in [-0.05, 0) is 35.9 Å². The first-order valence-corrected chi connectivity index (χ1v) is 8.21. The largest absolute Gasteiger partial charge is 0.486 e. The van der Waals surface area contributed by atoms with Crippen LogP contribution in [0.1, 0.15) is 15.9 Å². The van der Waals surface area contributed by atoms with Crippen LogP contribution in [0.3, 0.4) is 0 Å². The number of benzene rings is 2. The number of amides is 2. The second-order valence-electron chi connectivity index (χ2n) is 5.72. The molecule has 1 aliphatic rings. The van der Waals surface area contributed by atoms with Gasteiger partial charge in [0.25, 0.3) is 5.91 Å². The molecule has 0 radical (unpaired) electrons. The summed E-state index contributed by atoms with van der Waals surface area (Å²) < 4.78 is 15.7. The van der Waals surface area contributed by atoms with Gasteiger partial charge in [0.2, 0.25) is 5.91 Å². The summed E-state index contributed by atoms with van der Waals surface area (Å²) in [6.45, 7) is 1.31. The molecule has 0 saturated carbocycles. The van der Waals surface area contributed by atoms with E-state index in [1.165, 1.54) is 7.11 Å². The first kappa shape index (κ1) is 17.8. The standard InChI is InChI=1S/C19H20N2O5/c1-24-12-18(22)21-15-4-2-3-13(9-15)11-20-19(23)14-5-6-16-17(10-14)26-8-7-25-16/h2-6,9-10H,7-8,11-12H2,1H3,(H,20,23)(H,21,22). The molecule has 0 saturated heterocycles. The Morgan fingerprint density at radius 2 is 1.88 bits per heavy atom. The maximum atomic E-state index is 12.4. The molecule has 1 aliphatic heterocycles. The number of ether oxygens (including phenoxy) is 3. The molecule has 0 bridgehead atoms. The second-order valence-corrected chi connectivity index (χ2v) is 5.72. The van der Waals surface area contributed by atoms with Crippen molar-refractivity contribution in [1.82, 2.24) is 5.32 Å². The number of rotatable bonds is 6. The van der Waals surface area contributed by atoms with Gasteiger partial charge in [0.1, 0.15) is 19.8 Å². The van der Waals surface area contributed by atoms with Crippen LogP contribution in [0.4, 0.5) is 5.69 Å². The van der Waals surface area contributed by atoms with E-state index >= 15 is 0 Å². The Balaban J connectivity index is 1.60. The van der Waals surface area contributed by atoms with Gasteiger partial charge >= 0.3 is 0 Å². The average Bonchev–Trinajstić information content (AvgIpc) is 2.66. The molecule has 2 amide bonds. The van der Waals surface area contributed by atoms with Crippen LogP contribution < -0.4 is 20.1 Å². The van der Waals surface area contributed by atoms with Crippen molar-refractivity contribution in [2.75, 3.05) is 32.2 Å². The monoisotopic (exact) mass is 356 g/mol. The fourth-order valence-electron chi connectivity index (χ4n) is 2.56. The Morgan fingerprint density at radius 1 is 1.08 bits per heavy atom. The third kappa shape index (κ3) is 4.52. The molecule has 1 heterocycles. The van der Waals surface area contributed by atoms with Crippen LogP contribution in [-0.4, -0.2) is 38.7 Å². The van der Waals surface area contributed by atoms with E-state index in [0.717, 1.165) is 5.56 Å². The van der Waals surface area contributed by atoms with E-state index in [1.807, 2.05) is 12.1 Å². The average molecular weight is 356 g/mol. The second kappa shape index (κ2) is 8.35. The lowest BCUT2D eigenvalue weighted by Crippen LogP contribution is -2.23. The minimum absolute atomic E-state index is 0.00885. The van der Waals surface area contributed by atoms with Crippen molar-refractivity contribution in [3.05, 3.63) is 53.6 Å². The lowest BCUT2D eigenvalue weighted by Gasteiger charge is -2.18. The lowest BCUT2D eigenvalue weighted by atomic mass is 10.1. The molecular weight excluding hydrogens is 336 g/mol. The fourth-order valence-corrected chi connectivity index (χ4v) is 2.56. The molecule has 7 nitrogen and oxygen atoms in total. The van der Waals surface area contributed by atoms with Crippen molar-refractivity contribution in [2.45, 2.75) is 6.54 Å². The molecule has 2 N–H and O–H groups in total. The Kier molecular flexibility index (Phi) is 5.70. The zero-order valence-corrected chi connectivity index (χ0v) is 14.4. The molecule has 0 fully saturated rings. The zero-order chi connectivity index (χ0) is 18.4. The van der Waals surface area contributed by atoms with Gasteiger partial charge in [0, 0.05) is 24.9 Å². The first-order valence-electron chi connectivity index (χ1n) is 8.21. The number of hydrogen-bond acceptors (Lipinski definition) is 5.